The normalized spacial score (nSPS) is 26.5. The van der Waals surface area contributed by atoms with Crippen LogP contribution in [-0.4, -0.2) is 39.5 Å². The second kappa shape index (κ2) is 11.6. The summed E-state index contributed by atoms with van der Waals surface area (Å²) in [4.78, 5) is 0. The molecule has 0 aromatic heterocycles. The summed E-state index contributed by atoms with van der Waals surface area (Å²) >= 11 is 0. The molecule has 2 rings (SSSR count). The smallest absolute Gasteiger partial charge is 0.282 e. The topological polar surface area (TPSA) is 40.2 Å². The number of methoxy groups -OCH3 is 3. The van der Waals surface area contributed by atoms with Crippen LogP contribution in [0.1, 0.15) is 90.4 Å². The third-order valence-electron chi connectivity index (χ3n) is 6.56. The molecule has 4 unspecified atom stereocenters. The molecule has 0 spiro atoms. The van der Waals surface area contributed by atoms with Gasteiger partial charge in [-0.2, -0.15) is 0 Å². The number of hydrogen-bond acceptors (Lipinski definition) is 4. The van der Waals surface area contributed by atoms with Gasteiger partial charge >= 0.3 is 0 Å². The Bertz CT molecular complexity index is 361. The van der Waals surface area contributed by atoms with Crippen LogP contribution in [0.4, 0.5) is 0 Å². The Morgan fingerprint density at radius 1 is 0.885 bits per heavy atom. The predicted octanol–water partition coefficient (Wildman–Crippen LogP) is 5.68. The fourth-order valence-electron chi connectivity index (χ4n) is 4.79. The molecule has 154 valence electrons. The molecule has 1 heterocycles. The van der Waals surface area contributed by atoms with Gasteiger partial charge in [0.15, 0.2) is 0 Å². The Hall–Kier alpha value is -0.160. The summed E-state index contributed by atoms with van der Waals surface area (Å²) in [5.74, 6) is 0.990. The van der Waals surface area contributed by atoms with E-state index in [2.05, 4.69) is 6.92 Å². The van der Waals surface area contributed by atoms with Gasteiger partial charge in [-0.3, -0.25) is 0 Å². The van der Waals surface area contributed by atoms with Crippen LogP contribution in [0, 0.1) is 11.8 Å². The highest BCUT2D eigenvalue weighted by Crippen LogP contribution is 2.41. The van der Waals surface area contributed by atoms with Crippen LogP contribution in [0.2, 0.25) is 0 Å². The fourth-order valence-corrected chi connectivity index (χ4v) is 4.79. The molecule has 1 saturated heterocycles. The highest BCUT2D eigenvalue weighted by Gasteiger charge is 2.43. The maximum atomic E-state index is 5.67. The summed E-state index contributed by atoms with van der Waals surface area (Å²) in [6.45, 7) is 2.32. The van der Waals surface area contributed by atoms with Gasteiger partial charge < -0.3 is 18.9 Å². The summed E-state index contributed by atoms with van der Waals surface area (Å²) in [6, 6.07) is 0. The molecule has 4 nitrogen and oxygen atoms in total. The molecule has 4 heteroatoms. The summed E-state index contributed by atoms with van der Waals surface area (Å²) in [5.41, 5.74) is 0. The average molecular weight is 371 g/mol. The zero-order chi connectivity index (χ0) is 18.8. The molecule has 1 aliphatic carbocycles. The minimum absolute atomic E-state index is 0.638. The second-order valence-corrected chi connectivity index (χ2v) is 8.37. The monoisotopic (exact) mass is 370 g/mol. The molecular weight excluding hydrogens is 328 g/mol. The van der Waals surface area contributed by atoms with Crippen molar-refractivity contribution in [3.63, 3.8) is 0 Å². The molecule has 2 fully saturated rings. The first-order valence-electron chi connectivity index (χ1n) is 11.0. The van der Waals surface area contributed by atoms with E-state index >= 15 is 0 Å². The van der Waals surface area contributed by atoms with Gasteiger partial charge in [0.25, 0.3) is 5.97 Å². The van der Waals surface area contributed by atoms with Crippen molar-refractivity contribution < 1.29 is 18.9 Å². The molecule has 4 atom stereocenters. The van der Waals surface area contributed by atoms with Crippen molar-refractivity contribution in [3.8, 4) is 0 Å². The maximum Gasteiger partial charge on any atom is 0.282 e. The lowest BCUT2D eigenvalue weighted by Gasteiger charge is -2.28. The highest BCUT2D eigenvalue weighted by molar-refractivity contribution is 4.91. The first-order chi connectivity index (χ1) is 12.7. The number of rotatable bonds is 15. The highest BCUT2D eigenvalue weighted by atomic mass is 16.9. The molecule has 0 aromatic rings. The predicted molar refractivity (Wildman–Crippen MR) is 105 cm³/mol. The van der Waals surface area contributed by atoms with Crippen LogP contribution in [0.25, 0.3) is 0 Å². The first-order valence-corrected chi connectivity index (χ1v) is 11.0. The van der Waals surface area contributed by atoms with Crippen molar-refractivity contribution in [1.82, 2.24) is 0 Å². The van der Waals surface area contributed by atoms with Gasteiger partial charge in [0.05, 0.1) is 12.2 Å². The van der Waals surface area contributed by atoms with E-state index in [-0.39, 0.29) is 0 Å². The van der Waals surface area contributed by atoms with Gasteiger partial charge in [-0.15, -0.1) is 0 Å². The molecule has 1 aliphatic heterocycles. The van der Waals surface area contributed by atoms with E-state index in [1.807, 2.05) is 0 Å². The quantitative estimate of drug-likeness (QED) is 0.211. The molecule has 2 aliphatic rings. The number of unbranched alkanes of at least 4 members (excludes halogenated alkanes) is 2. The Balaban J connectivity index is 1.55. The number of hydrogen-bond donors (Lipinski definition) is 0. The largest absolute Gasteiger partial charge is 0.370 e. The SMILES string of the molecule is CCCC(CCCCCC(OC)(OC)OC)CCCC1CCC2OC2C1. The van der Waals surface area contributed by atoms with Gasteiger partial charge in [-0.1, -0.05) is 58.3 Å². The van der Waals surface area contributed by atoms with E-state index in [1.165, 1.54) is 70.6 Å². The molecule has 0 aromatic carbocycles. The van der Waals surface area contributed by atoms with Crippen molar-refractivity contribution in [2.75, 3.05) is 21.3 Å². The van der Waals surface area contributed by atoms with E-state index in [0.717, 1.165) is 24.7 Å². The van der Waals surface area contributed by atoms with E-state index in [0.29, 0.717) is 12.2 Å². The molecular formula is C22H42O4. The van der Waals surface area contributed by atoms with Crippen LogP contribution in [0.3, 0.4) is 0 Å². The van der Waals surface area contributed by atoms with Gasteiger partial charge in [-0.05, 0) is 37.5 Å². The minimum Gasteiger partial charge on any atom is -0.370 e. The summed E-state index contributed by atoms with van der Waals surface area (Å²) < 4.78 is 21.8. The molecule has 26 heavy (non-hydrogen) atoms. The van der Waals surface area contributed by atoms with Gasteiger partial charge in [0, 0.05) is 27.8 Å². The lowest BCUT2D eigenvalue weighted by molar-refractivity contribution is -0.355. The van der Waals surface area contributed by atoms with Crippen LogP contribution < -0.4 is 0 Å². The van der Waals surface area contributed by atoms with Gasteiger partial charge in [0.1, 0.15) is 0 Å². The van der Waals surface area contributed by atoms with Crippen LogP contribution in [0.5, 0.6) is 0 Å². The van der Waals surface area contributed by atoms with Gasteiger partial charge in [-0.25, -0.2) is 0 Å². The summed E-state index contributed by atoms with van der Waals surface area (Å²) in [6.07, 6.45) is 18.1. The third kappa shape index (κ3) is 7.10. The Kier molecular flexibility index (Phi) is 9.90. The molecule has 0 radical (unpaired) electrons. The van der Waals surface area contributed by atoms with Crippen molar-refractivity contribution in [3.05, 3.63) is 0 Å². The number of epoxide rings is 1. The molecule has 0 bridgehead atoms. The first kappa shape index (κ1) is 22.1. The van der Waals surface area contributed by atoms with Crippen molar-refractivity contribution in [2.45, 2.75) is 109 Å². The maximum absolute atomic E-state index is 5.67. The average Bonchev–Trinajstić information content (AvgIpc) is 3.44. The minimum atomic E-state index is -0.854. The lowest BCUT2D eigenvalue weighted by Crippen LogP contribution is -2.35. The third-order valence-corrected chi connectivity index (χ3v) is 6.56. The molecule has 0 amide bonds. The van der Waals surface area contributed by atoms with Crippen LogP contribution in [-0.2, 0) is 18.9 Å². The molecule has 1 saturated carbocycles. The van der Waals surface area contributed by atoms with Crippen LogP contribution in [0.15, 0.2) is 0 Å². The Morgan fingerprint density at radius 2 is 1.62 bits per heavy atom. The number of ether oxygens (including phenoxy) is 4. The van der Waals surface area contributed by atoms with Crippen molar-refractivity contribution in [2.24, 2.45) is 11.8 Å². The van der Waals surface area contributed by atoms with E-state index in [9.17, 15) is 0 Å². The zero-order valence-electron chi connectivity index (χ0n) is 17.6. The van der Waals surface area contributed by atoms with Crippen LogP contribution >= 0.6 is 0 Å². The van der Waals surface area contributed by atoms with Crippen molar-refractivity contribution >= 4 is 0 Å². The summed E-state index contributed by atoms with van der Waals surface area (Å²) in [7, 11) is 4.93. The van der Waals surface area contributed by atoms with Gasteiger partial charge in [0.2, 0.25) is 0 Å². The van der Waals surface area contributed by atoms with E-state index in [4.69, 9.17) is 18.9 Å². The molecule has 0 N–H and O–H groups in total. The Labute approximate surface area is 161 Å². The number of fused-ring (bicyclic) bond motifs is 1. The van der Waals surface area contributed by atoms with Crippen molar-refractivity contribution in [1.29, 1.82) is 0 Å². The zero-order valence-corrected chi connectivity index (χ0v) is 17.6. The Morgan fingerprint density at radius 3 is 2.27 bits per heavy atom. The fraction of sp³-hybridized carbons (Fsp3) is 1.00. The summed E-state index contributed by atoms with van der Waals surface area (Å²) in [5, 5.41) is 0. The van der Waals surface area contributed by atoms with E-state index in [1.54, 1.807) is 21.3 Å². The van der Waals surface area contributed by atoms with E-state index < -0.39 is 5.97 Å². The standard InChI is InChI=1S/C22H42O4/c1-5-10-18(11-7-6-8-16-22(23-2,24-3)25-4)12-9-13-19-14-15-20-21(17-19)26-20/h18-21H,5-17H2,1-4H3. The second-order valence-electron chi connectivity index (χ2n) is 8.37. The lowest BCUT2D eigenvalue weighted by atomic mass is 9.83.